The Labute approximate surface area is 255 Å². The molecule has 6 rings (SSSR count). The third-order valence-electron chi connectivity index (χ3n) is 8.96. The average Bonchev–Trinajstić information content (AvgIpc) is 3.11. The van der Waals surface area contributed by atoms with Crippen LogP contribution in [0.15, 0.2) is 73.1 Å². The number of pyridine rings is 2. The van der Waals surface area contributed by atoms with Crippen LogP contribution in [0.25, 0.3) is 22.5 Å². The van der Waals surface area contributed by atoms with Gasteiger partial charge in [0.05, 0.1) is 0 Å². The molecule has 40 heavy (non-hydrogen) atoms. The zero-order chi connectivity index (χ0) is 28.1. The summed E-state index contributed by atoms with van der Waals surface area (Å²) < 4.78 is 0. The van der Waals surface area contributed by atoms with Gasteiger partial charge in [0, 0.05) is 32.5 Å². The van der Waals surface area contributed by atoms with Crippen LogP contribution in [-0.2, 0) is 41.8 Å². The maximum Gasteiger partial charge on any atom is 0.0160 e. The molecule has 0 bridgehead atoms. The van der Waals surface area contributed by atoms with Gasteiger partial charge < -0.3 is 9.97 Å². The second-order valence-corrected chi connectivity index (χ2v) is 14.0. The summed E-state index contributed by atoms with van der Waals surface area (Å²) in [5.41, 5.74) is 11.0. The molecule has 0 fully saturated rings. The molecule has 0 aliphatic heterocycles. The number of hydrogen-bond acceptors (Lipinski definition) is 2. The van der Waals surface area contributed by atoms with Gasteiger partial charge in [0.2, 0.25) is 0 Å². The van der Waals surface area contributed by atoms with E-state index in [0.717, 1.165) is 22.5 Å². The second kappa shape index (κ2) is 11.0. The van der Waals surface area contributed by atoms with E-state index in [2.05, 4.69) is 108 Å². The van der Waals surface area contributed by atoms with Crippen LogP contribution >= 0.6 is 0 Å². The van der Waals surface area contributed by atoms with Crippen molar-refractivity contribution in [1.82, 2.24) is 9.97 Å². The molecule has 1 radical (unpaired) electrons. The zero-order valence-electron chi connectivity index (χ0n) is 25.3. The molecule has 0 saturated heterocycles. The van der Waals surface area contributed by atoms with E-state index in [1.165, 1.54) is 41.5 Å². The fraction of sp³-hybridized carbons (Fsp3) is 0.405. The van der Waals surface area contributed by atoms with Crippen molar-refractivity contribution in [3.05, 3.63) is 107 Å². The van der Waals surface area contributed by atoms with Gasteiger partial charge in [0.1, 0.15) is 0 Å². The summed E-state index contributed by atoms with van der Waals surface area (Å²) in [6.45, 7) is 18.7. The number of nitrogens with zero attached hydrogens (tertiary/aromatic N) is 2. The largest absolute Gasteiger partial charge is 0.305 e. The summed E-state index contributed by atoms with van der Waals surface area (Å²) in [6.07, 6.45) is 7.35. The molecule has 2 heterocycles. The normalized spacial score (nSPS) is 18.8. The van der Waals surface area contributed by atoms with E-state index in [4.69, 9.17) is 0 Å². The fourth-order valence-electron chi connectivity index (χ4n) is 6.75. The summed E-state index contributed by atoms with van der Waals surface area (Å²) in [6, 6.07) is 27.9. The SMILES string of the molecule is CC1(C)CC(C)(C)c2cc(-c3ccccn3)[c-]cc21.CC1(C)CCC(C)(C)c2cc(-c3ccccn3)[c-]cc21.[Ir]. The van der Waals surface area contributed by atoms with Crippen LogP contribution in [0.5, 0.6) is 0 Å². The molecule has 4 aromatic rings. The van der Waals surface area contributed by atoms with Gasteiger partial charge in [-0.15, -0.1) is 69.8 Å². The van der Waals surface area contributed by atoms with Crippen molar-refractivity contribution in [3.63, 3.8) is 0 Å². The first-order valence-corrected chi connectivity index (χ1v) is 14.3. The molecular formula is C37H42IrN2-2. The van der Waals surface area contributed by atoms with Crippen LogP contribution in [0.2, 0.25) is 0 Å². The Balaban J connectivity index is 0.000000181. The second-order valence-electron chi connectivity index (χ2n) is 14.0. The molecule has 0 spiro atoms. The number of hydrogen-bond donors (Lipinski definition) is 0. The van der Waals surface area contributed by atoms with Gasteiger partial charge in [-0.25, -0.2) is 0 Å². The molecule has 211 valence electrons. The minimum Gasteiger partial charge on any atom is -0.305 e. The minimum absolute atomic E-state index is 0. The maximum atomic E-state index is 4.45. The third kappa shape index (κ3) is 5.88. The van der Waals surface area contributed by atoms with Gasteiger partial charge in [0.25, 0.3) is 0 Å². The van der Waals surface area contributed by atoms with Gasteiger partial charge in [-0.2, -0.15) is 0 Å². The smallest absolute Gasteiger partial charge is 0.0160 e. The monoisotopic (exact) mass is 707 g/mol. The van der Waals surface area contributed by atoms with Crippen LogP contribution in [0.1, 0.15) is 96.9 Å². The van der Waals surface area contributed by atoms with Crippen molar-refractivity contribution in [2.24, 2.45) is 0 Å². The Bertz CT molecular complexity index is 1470. The molecule has 2 aromatic carbocycles. The first kappa shape index (κ1) is 30.4. The molecule has 0 atom stereocenters. The summed E-state index contributed by atoms with van der Waals surface area (Å²) >= 11 is 0. The van der Waals surface area contributed by atoms with Crippen LogP contribution in [0.4, 0.5) is 0 Å². The average molecular weight is 707 g/mol. The Morgan fingerprint density at radius 1 is 0.550 bits per heavy atom. The van der Waals surface area contributed by atoms with E-state index in [0.29, 0.717) is 0 Å². The van der Waals surface area contributed by atoms with E-state index >= 15 is 0 Å². The number of aromatic nitrogens is 2. The molecule has 2 aliphatic carbocycles. The van der Waals surface area contributed by atoms with E-state index in [1.54, 1.807) is 0 Å². The number of rotatable bonds is 2. The van der Waals surface area contributed by atoms with E-state index in [-0.39, 0.29) is 41.8 Å². The molecular weight excluding hydrogens is 665 g/mol. The van der Waals surface area contributed by atoms with E-state index < -0.39 is 0 Å². The third-order valence-corrected chi connectivity index (χ3v) is 8.96. The topological polar surface area (TPSA) is 25.8 Å². The summed E-state index contributed by atoms with van der Waals surface area (Å²) in [7, 11) is 0. The van der Waals surface area contributed by atoms with Gasteiger partial charge in [-0.3, -0.25) is 0 Å². The van der Waals surface area contributed by atoms with Crippen LogP contribution in [-0.4, -0.2) is 9.97 Å². The van der Waals surface area contributed by atoms with Crippen LogP contribution in [0.3, 0.4) is 0 Å². The molecule has 2 aliphatic rings. The standard InChI is InChI=1S/C19H22N.C18H20N.Ir/c1-18(2)10-11-19(3,4)16-13-14(8-9-15(16)18)17-7-5-6-12-20-17;1-17(2)12-18(3,4)15-11-13(8-9-14(15)17)16-7-5-6-10-19-16;/h5-7,9,12-13H,10-11H2,1-4H3;5-7,9-11H,12H2,1-4H3;/q2*-1;. The quantitative estimate of drug-likeness (QED) is 0.194. The zero-order valence-corrected chi connectivity index (χ0v) is 27.7. The summed E-state index contributed by atoms with van der Waals surface area (Å²) in [4.78, 5) is 8.88. The van der Waals surface area contributed by atoms with Gasteiger partial charge >= 0.3 is 0 Å². The molecule has 2 aromatic heterocycles. The van der Waals surface area contributed by atoms with Gasteiger partial charge in [0.15, 0.2) is 0 Å². The van der Waals surface area contributed by atoms with E-state index in [1.807, 2.05) is 42.7 Å². The Morgan fingerprint density at radius 3 is 1.40 bits per heavy atom. The molecule has 0 saturated carbocycles. The summed E-state index contributed by atoms with van der Waals surface area (Å²) in [5, 5.41) is 0. The minimum atomic E-state index is 0. The summed E-state index contributed by atoms with van der Waals surface area (Å²) in [5.74, 6) is 0. The van der Waals surface area contributed by atoms with Crippen molar-refractivity contribution in [2.45, 2.75) is 96.3 Å². The predicted octanol–water partition coefficient (Wildman–Crippen LogP) is 9.40. The van der Waals surface area contributed by atoms with Crippen molar-refractivity contribution < 1.29 is 20.1 Å². The Morgan fingerprint density at radius 2 is 0.950 bits per heavy atom. The van der Waals surface area contributed by atoms with Crippen LogP contribution in [0, 0.1) is 12.1 Å². The first-order valence-electron chi connectivity index (χ1n) is 14.3. The van der Waals surface area contributed by atoms with Crippen molar-refractivity contribution in [3.8, 4) is 22.5 Å². The fourth-order valence-corrected chi connectivity index (χ4v) is 6.75. The molecule has 2 nitrogen and oxygen atoms in total. The maximum absolute atomic E-state index is 4.45. The van der Waals surface area contributed by atoms with Crippen molar-refractivity contribution in [1.29, 1.82) is 0 Å². The number of benzene rings is 2. The molecule has 0 amide bonds. The Hall–Kier alpha value is -2.61. The van der Waals surface area contributed by atoms with Gasteiger partial charge in [-0.1, -0.05) is 86.1 Å². The van der Waals surface area contributed by atoms with Crippen molar-refractivity contribution in [2.75, 3.05) is 0 Å². The first-order chi connectivity index (χ1) is 18.3. The molecule has 0 N–H and O–H groups in total. The Kier molecular flexibility index (Phi) is 8.34. The molecule has 3 heteroatoms. The van der Waals surface area contributed by atoms with Crippen molar-refractivity contribution >= 4 is 0 Å². The number of fused-ring (bicyclic) bond motifs is 2. The van der Waals surface area contributed by atoms with E-state index in [9.17, 15) is 0 Å². The van der Waals surface area contributed by atoms with Gasteiger partial charge in [-0.05, 0) is 58.0 Å². The van der Waals surface area contributed by atoms with Crippen LogP contribution < -0.4 is 0 Å². The molecule has 0 unspecified atom stereocenters. The predicted molar refractivity (Wildman–Crippen MR) is 163 cm³/mol.